The molecular formula is C15H12N4O2S. The van der Waals surface area contributed by atoms with Crippen molar-refractivity contribution in [3.63, 3.8) is 0 Å². The second kappa shape index (κ2) is 6.40. The van der Waals surface area contributed by atoms with Gasteiger partial charge in [-0.05, 0) is 31.2 Å². The van der Waals surface area contributed by atoms with Gasteiger partial charge in [-0.1, -0.05) is 23.0 Å². The summed E-state index contributed by atoms with van der Waals surface area (Å²) in [6.07, 6.45) is 3.36. The number of nitrogens with one attached hydrogen (secondary N) is 1. The number of rotatable bonds is 4. The Bertz CT molecular complexity index is 789. The Morgan fingerprint density at radius 2 is 2.00 bits per heavy atom. The predicted molar refractivity (Wildman–Crippen MR) is 81.8 cm³/mol. The maximum absolute atomic E-state index is 12.0. The highest BCUT2D eigenvalue weighted by molar-refractivity contribution is 7.99. The first kappa shape index (κ1) is 14.3. The molecule has 0 spiro atoms. The molecule has 0 radical (unpaired) electrons. The van der Waals surface area contributed by atoms with Gasteiger partial charge >= 0.3 is 0 Å². The molecule has 0 saturated heterocycles. The number of hydrogen-bond acceptors (Lipinski definition) is 6. The van der Waals surface area contributed by atoms with E-state index in [4.69, 9.17) is 4.52 Å². The van der Waals surface area contributed by atoms with Crippen LogP contribution in [-0.2, 0) is 0 Å². The normalized spacial score (nSPS) is 10.4. The molecule has 0 saturated carbocycles. The fraction of sp³-hybridized carbons (Fsp3) is 0.0667. The first-order valence-corrected chi connectivity index (χ1v) is 7.32. The Balaban J connectivity index is 1.72. The molecule has 3 aromatic heterocycles. The number of aromatic nitrogens is 3. The van der Waals surface area contributed by atoms with Crippen LogP contribution in [0.15, 0.2) is 63.4 Å². The van der Waals surface area contributed by atoms with E-state index < -0.39 is 0 Å². The third-order valence-electron chi connectivity index (χ3n) is 2.70. The Morgan fingerprint density at radius 1 is 1.14 bits per heavy atom. The van der Waals surface area contributed by atoms with E-state index in [1.807, 2.05) is 18.2 Å². The van der Waals surface area contributed by atoms with Crippen molar-refractivity contribution in [2.45, 2.75) is 17.0 Å². The van der Waals surface area contributed by atoms with Crippen LogP contribution in [0.25, 0.3) is 0 Å². The van der Waals surface area contributed by atoms with Crippen molar-refractivity contribution in [2.24, 2.45) is 0 Å². The summed E-state index contributed by atoms with van der Waals surface area (Å²) < 4.78 is 4.89. The van der Waals surface area contributed by atoms with Gasteiger partial charge in [0.2, 0.25) is 0 Å². The molecular weight excluding hydrogens is 300 g/mol. The summed E-state index contributed by atoms with van der Waals surface area (Å²) in [7, 11) is 0. The maximum atomic E-state index is 12.0. The van der Waals surface area contributed by atoms with Gasteiger partial charge in [-0.25, -0.2) is 9.97 Å². The lowest BCUT2D eigenvalue weighted by Gasteiger charge is -2.05. The minimum atomic E-state index is -0.322. The van der Waals surface area contributed by atoms with Gasteiger partial charge in [-0.2, -0.15) is 0 Å². The third kappa shape index (κ3) is 3.50. The number of anilines is 1. The summed E-state index contributed by atoms with van der Waals surface area (Å²) in [4.78, 5) is 20.5. The molecule has 0 bridgehead atoms. The zero-order chi connectivity index (χ0) is 15.4. The van der Waals surface area contributed by atoms with E-state index in [-0.39, 0.29) is 11.6 Å². The number of carbonyl (C=O) groups excluding carboxylic acids is 1. The molecule has 0 atom stereocenters. The number of carbonyl (C=O) groups is 1. The van der Waals surface area contributed by atoms with Crippen molar-refractivity contribution in [1.82, 2.24) is 15.1 Å². The minimum Gasteiger partial charge on any atom is -0.361 e. The van der Waals surface area contributed by atoms with Crippen LogP contribution in [0.4, 0.5) is 5.69 Å². The van der Waals surface area contributed by atoms with Crippen molar-refractivity contribution in [2.75, 3.05) is 5.32 Å². The molecule has 6 nitrogen and oxygen atoms in total. The molecule has 0 fully saturated rings. The van der Waals surface area contributed by atoms with E-state index in [2.05, 4.69) is 20.4 Å². The molecule has 1 N–H and O–H groups in total. The highest BCUT2D eigenvalue weighted by atomic mass is 32.2. The molecule has 3 aromatic rings. The van der Waals surface area contributed by atoms with Gasteiger partial charge in [-0.3, -0.25) is 4.79 Å². The van der Waals surface area contributed by atoms with Crippen molar-refractivity contribution in [3.8, 4) is 0 Å². The highest BCUT2D eigenvalue weighted by Gasteiger charge is 2.11. The summed E-state index contributed by atoms with van der Waals surface area (Å²) in [5.41, 5.74) is 0.882. The average Bonchev–Trinajstić information content (AvgIpc) is 2.95. The van der Waals surface area contributed by atoms with Crippen LogP contribution in [0.2, 0.25) is 0 Å². The quantitative estimate of drug-likeness (QED) is 0.797. The molecule has 3 heterocycles. The van der Waals surface area contributed by atoms with Crippen LogP contribution in [0.1, 0.15) is 16.2 Å². The number of pyridine rings is 2. The van der Waals surface area contributed by atoms with E-state index in [0.29, 0.717) is 11.4 Å². The maximum Gasteiger partial charge on any atom is 0.277 e. The molecule has 0 unspecified atom stereocenters. The van der Waals surface area contributed by atoms with E-state index in [9.17, 15) is 4.79 Å². The summed E-state index contributed by atoms with van der Waals surface area (Å²) in [6.45, 7) is 1.73. The zero-order valence-corrected chi connectivity index (χ0v) is 12.5. The second-order valence-corrected chi connectivity index (χ2v) is 5.47. The van der Waals surface area contributed by atoms with E-state index in [1.54, 1.807) is 37.5 Å². The van der Waals surface area contributed by atoms with Crippen LogP contribution in [-0.4, -0.2) is 21.0 Å². The molecule has 7 heteroatoms. The van der Waals surface area contributed by atoms with Gasteiger partial charge in [0.05, 0.1) is 0 Å². The Labute approximate surface area is 131 Å². The van der Waals surface area contributed by atoms with Gasteiger partial charge in [0, 0.05) is 24.1 Å². The highest BCUT2D eigenvalue weighted by Crippen LogP contribution is 2.25. The number of amides is 1. The van der Waals surface area contributed by atoms with Gasteiger partial charge in [-0.15, -0.1) is 0 Å². The van der Waals surface area contributed by atoms with Crippen molar-refractivity contribution in [1.29, 1.82) is 0 Å². The lowest BCUT2D eigenvalue weighted by molar-refractivity contribution is 0.101. The summed E-state index contributed by atoms with van der Waals surface area (Å²) in [6, 6.07) is 10.7. The van der Waals surface area contributed by atoms with Crippen molar-refractivity contribution < 1.29 is 9.32 Å². The van der Waals surface area contributed by atoms with Crippen LogP contribution in [0, 0.1) is 6.92 Å². The Kier molecular flexibility index (Phi) is 4.15. The van der Waals surface area contributed by atoms with E-state index in [1.165, 1.54) is 11.8 Å². The molecule has 22 heavy (non-hydrogen) atoms. The topological polar surface area (TPSA) is 80.9 Å². The third-order valence-corrected chi connectivity index (χ3v) is 3.58. The number of nitrogens with zero attached hydrogens (tertiary/aromatic N) is 3. The fourth-order valence-corrected chi connectivity index (χ4v) is 2.50. The first-order chi connectivity index (χ1) is 10.7. The van der Waals surface area contributed by atoms with Crippen molar-refractivity contribution in [3.05, 3.63) is 60.2 Å². The average molecular weight is 312 g/mol. The van der Waals surface area contributed by atoms with E-state index in [0.717, 1.165) is 10.1 Å². The summed E-state index contributed by atoms with van der Waals surface area (Å²) in [5, 5.41) is 8.03. The Morgan fingerprint density at radius 3 is 2.73 bits per heavy atom. The smallest absolute Gasteiger partial charge is 0.277 e. The lowest BCUT2D eigenvalue weighted by Crippen LogP contribution is -2.12. The van der Waals surface area contributed by atoms with Crippen LogP contribution >= 0.6 is 11.8 Å². The molecule has 1 amide bonds. The summed E-state index contributed by atoms with van der Waals surface area (Å²) in [5.74, 6) is 0.267. The lowest BCUT2D eigenvalue weighted by atomic mass is 10.3. The van der Waals surface area contributed by atoms with Gasteiger partial charge in [0.25, 0.3) is 5.91 Å². The molecule has 0 aliphatic rings. The molecule has 3 rings (SSSR count). The monoisotopic (exact) mass is 312 g/mol. The molecule has 0 aliphatic carbocycles. The standard InChI is InChI=1S/C15H12N4O2S/c1-10-8-12(19-21-10)15(20)18-11-5-7-17-14(9-11)22-13-4-2-3-6-16-13/h2-9H,1H3,(H,17,18,20). The SMILES string of the molecule is Cc1cc(C(=O)Nc2ccnc(Sc3ccccn3)c2)no1. The molecule has 0 aliphatic heterocycles. The zero-order valence-electron chi connectivity index (χ0n) is 11.7. The minimum absolute atomic E-state index is 0.244. The van der Waals surface area contributed by atoms with Gasteiger partial charge < -0.3 is 9.84 Å². The van der Waals surface area contributed by atoms with Gasteiger partial charge in [0.15, 0.2) is 5.69 Å². The number of hydrogen-bond donors (Lipinski definition) is 1. The number of aryl methyl sites for hydroxylation is 1. The molecule has 0 aromatic carbocycles. The van der Waals surface area contributed by atoms with Crippen LogP contribution in [0.5, 0.6) is 0 Å². The van der Waals surface area contributed by atoms with Crippen molar-refractivity contribution >= 4 is 23.4 Å². The summed E-state index contributed by atoms with van der Waals surface area (Å²) >= 11 is 1.42. The predicted octanol–water partition coefficient (Wildman–Crippen LogP) is 3.18. The first-order valence-electron chi connectivity index (χ1n) is 6.50. The van der Waals surface area contributed by atoms with Gasteiger partial charge in [0.1, 0.15) is 15.8 Å². The van der Waals surface area contributed by atoms with E-state index >= 15 is 0 Å². The Hall–Kier alpha value is -2.67. The van der Waals surface area contributed by atoms with Crippen LogP contribution in [0.3, 0.4) is 0 Å². The second-order valence-electron chi connectivity index (χ2n) is 4.43. The largest absolute Gasteiger partial charge is 0.361 e. The molecule has 110 valence electrons. The van der Waals surface area contributed by atoms with Crippen LogP contribution < -0.4 is 5.32 Å². The fourth-order valence-electron chi connectivity index (χ4n) is 1.73.